The average Bonchev–Trinajstić information content (AvgIpc) is 2.81. The van der Waals surface area contributed by atoms with Gasteiger partial charge in [0, 0.05) is 19.3 Å². The number of hydrogen-bond donors (Lipinski definition) is 2. The van der Waals surface area contributed by atoms with Gasteiger partial charge in [0.2, 0.25) is 0 Å². The maximum Gasteiger partial charge on any atom is 0.250 e. The highest BCUT2D eigenvalue weighted by molar-refractivity contribution is 7.07. The highest BCUT2D eigenvalue weighted by atomic mass is 32.1. The molecule has 1 heterocycles. The summed E-state index contributed by atoms with van der Waals surface area (Å²) in [4.78, 5) is 12.9. The van der Waals surface area contributed by atoms with E-state index in [9.17, 15) is 9.18 Å². The molecule has 0 aliphatic rings. The van der Waals surface area contributed by atoms with Crippen LogP contribution in [0.3, 0.4) is 0 Å². The smallest absolute Gasteiger partial charge is 0.250 e. The van der Waals surface area contributed by atoms with Gasteiger partial charge < -0.3 is 16.4 Å². The van der Waals surface area contributed by atoms with Crippen molar-refractivity contribution in [3.8, 4) is 0 Å². The van der Waals surface area contributed by atoms with Crippen molar-refractivity contribution in [1.29, 1.82) is 0 Å². The Morgan fingerprint density at radius 3 is 2.79 bits per heavy atom. The van der Waals surface area contributed by atoms with E-state index in [1.54, 1.807) is 23.3 Å². The number of amides is 1. The fraction of sp³-hybridized carbons (Fsp3) is 0.154. The van der Waals surface area contributed by atoms with E-state index in [2.05, 4.69) is 0 Å². The Morgan fingerprint density at radius 2 is 2.21 bits per heavy atom. The van der Waals surface area contributed by atoms with Crippen LogP contribution in [0.1, 0.15) is 15.9 Å². The molecular weight excluding hydrogens is 265 g/mol. The van der Waals surface area contributed by atoms with Gasteiger partial charge in [-0.1, -0.05) is 0 Å². The molecule has 0 saturated heterocycles. The third-order valence-corrected chi connectivity index (χ3v) is 3.53. The van der Waals surface area contributed by atoms with Gasteiger partial charge in [0.1, 0.15) is 5.82 Å². The number of primary amides is 1. The van der Waals surface area contributed by atoms with Crippen LogP contribution in [0.2, 0.25) is 0 Å². The Kier molecular flexibility index (Phi) is 3.71. The van der Waals surface area contributed by atoms with Crippen molar-refractivity contribution in [2.45, 2.75) is 6.54 Å². The predicted molar refractivity (Wildman–Crippen MR) is 75.8 cm³/mol. The molecule has 0 aliphatic heterocycles. The van der Waals surface area contributed by atoms with Gasteiger partial charge in [-0.05, 0) is 34.5 Å². The number of hydrogen-bond acceptors (Lipinski definition) is 4. The molecule has 0 fully saturated rings. The molecule has 4 nitrogen and oxygen atoms in total. The molecular formula is C13H14FN3OS. The number of nitrogens with zero attached hydrogens (tertiary/aromatic N) is 1. The summed E-state index contributed by atoms with van der Waals surface area (Å²) in [6, 6.07) is 4.48. The largest absolute Gasteiger partial charge is 0.398 e. The minimum absolute atomic E-state index is 0.0534. The summed E-state index contributed by atoms with van der Waals surface area (Å²) in [5, 5.41) is 3.94. The lowest BCUT2D eigenvalue weighted by Crippen LogP contribution is -2.20. The Labute approximate surface area is 114 Å². The highest BCUT2D eigenvalue weighted by Crippen LogP contribution is 2.26. The normalized spacial score (nSPS) is 10.4. The van der Waals surface area contributed by atoms with Gasteiger partial charge in [-0.15, -0.1) is 0 Å². The third-order valence-electron chi connectivity index (χ3n) is 2.80. The first kappa shape index (κ1) is 13.4. The molecule has 4 N–H and O–H groups in total. The van der Waals surface area contributed by atoms with Crippen LogP contribution in [0, 0.1) is 5.82 Å². The van der Waals surface area contributed by atoms with Crippen molar-refractivity contribution < 1.29 is 9.18 Å². The summed E-state index contributed by atoms with van der Waals surface area (Å²) >= 11 is 1.58. The lowest BCUT2D eigenvalue weighted by molar-refractivity contribution is 0.100. The van der Waals surface area contributed by atoms with E-state index in [-0.39, 0.29) is 11.3 Å². The molecule has 0 unspecified atom stereocenters. The van der Waals surface area contributed by atoms with Crippen molar-refractivity contribution in [3.63, 3.8) is 0 Å². The lowest BCUT2D eigenvalue weighted by atomic mass is 10.1. The maximum absolute atomic E-state index is 13.9. The van der Waals surface area contributed by atoms with Gasteiger partial charge in [-0.25, -0.2) is 4.39 Å². The zero-order valence-electron chi connectivity index (χ0n) is 10.4. The number of benzene rings is 1. The van der Waals surface area contributed by atoms with Crippen LogP contribution in [0.15, 0.2) is 29.0 Å². The molecule has 0 atom stereocenters. The summed E-state index contributed by atoms with van der Waals surface area (Å²) < 4.78 is 13.9. The van der Waals surface area contributed by atoms with Crippen LogP contribution in [0.4, 0.5) is 15.8 Å². The number of thiophene rings is 1. The molecule has 0 saturated carbocycles. The first-order chi connectivity index (χ1) is 8.99. The average molecular weight is 279 g/mol. The van der Waals surface area contributed by atoms with Crippen LogP contribution in [0.25, 0.3) is 0 Å². The number of rotatable bonds is 4. The first-order valence-corrected chi connectivity index (χ1v) is 6.54. The molecule has 2 rings (SSSR count). The van der Waals surface area contributed by atoms with Crippen LogP contribution in [-0.4, -0.2) is 13.0 Å². The fourth-order valence-corrected chi connectivity index (χ4v) is 2.48. The molecule has 1 aromatic heterocycles. The van der Waals surface area contributed by atoms with Gasteiger partial charge in [0.05, 0.1) is 11.3 Å². The first-order valence-electron chi connectivity index (χ1n) is 5.60. The molecule has 0 bridgehead atoms. The second-order valence-electron chi connectivity index (χ2n) is 4.24. The molecule has 19 heavy (non-hydrogen) atoms. The van der Waals surface area contributed by atoms with Gasteiger partial charge in [-0.3, -0.25) is 4.79 Å². The van der Waals surface area contributed by atoms with Crippen molar-refractivity contribution in [2.75, 3.05) is 17.7 Å². The summed E-state index contributed by atoms with van der Waals surface area (Å²) in [6.45, 7) is 0.544. The zero-order chi connectivity index (χ0) is 14.0. The number of halogens is 1. The molecule has 0 spiro atoms. The van der Waals surface area contributed by atoms with E-state index in [0.29, 0.717) is 12.2 Å². The number of nitrogens with two attached hydrogens (primary N) is 2. The Bertz CT molecular complexity index is 598. The van der Waals surface area contributed by atoms with Gasteiger partial charge in [0.25, 0.3) is 5.91 Å². The van der Waals surface area contributed by atoms with E-state index in [1.165, 1.54) is 6.07 Å². The quantitative estimate of drug-likeness (QED) is 0.843. The lowest BCUT2D eigenvalue weighted by Gasteiger charge is -2.20. The second-order valence-corrected chi connectivity index (χ2v) is 5.02. The Hall–Kier alpha value is -2.08. The molecule has 0 radical (unpaired) electrons. The Balaban J connectivity index is 2.33. The van der Waals surface area contributed by atoms with E-state index >= 15 is 0 Å². The minimum Gasteiger partial charge on any atom is -0.398 e. The molecule has 6 heteroatoms. The van der Waals surface area contributed by atoms with Crippen molar-refractivity contribution in [2.24, 2.45) is 5.73 Å². The van der Waals surface area contributed by atoms with Crippen molar-refractivity contribution in [3.05, 3.63) is 45.9 Å². The molecule has 100 valence electrons. The monoisotopic (exact) mass is 279 g/mol. The number of anilines is 2. The molecule has 0 aliphatic carbocycles. The number of carbonyl (C=O) groups is 1. The van der Waals surface area contributed by atoms with E-state index in [4.69, 9.17) is 11.5 Å². The standard InChI is InChI=1S/C13H14FN3OS/c1-17(6-8-2-3-19-7-8)12-4-9(13(16)18)11(15)5-10(12)14/h2-5,7H,6,15H2,1H3,(H2,16,18). The summed E-state index contributed by atoms with van der Waals surface area (Å²) in [5.41, 5.74) is 12.3. The topological polar surface area (TPSA) is 72.3 Å². The van der Waals surface area contributed by atoms with E-state index in [1.807, 2.05) is 16.8 Å². The molecule has 1 aromatic carbocycles. The van der Waals surface area contributed by atoms with E-state index in [0.717, 1.165) is 11.6 Å². The van der Waals surface area contributed by atoms with Crippen LogP contribution in [0.5, 0.6) is 0 Å². The highest BCUT2D eigenvalue weighted by Gasteiger charge is 2.15. The van der Waals surface area contributed by atoms with Crippen molar-refractivity contribution in [1.82, 2.24) is 0 Å². The molecule has 1 amide bonds. The number of nitrogen functional groups attached to an aromatic ring is 1. The summed E-state index contributed by atoms with van der Waals surface area (Å²) in [5.74, 6) is -1.14. The van der Waals surface area contributed by atoms with E-state index < -0.39 is 11.7 Å². The zero-order valence-corrected chi connectivity index (χ0v) is 11.2. The van der Waals surface area contributed by atoms with Gasteiger partial charge in [-0.2, -0.15) is 11.3 Å². The minimum atomic E-state index is -0.664. The summed E-state index contributed by atoms with van der Waals surface area (Å²) in [6.07, 6.45) is 0. The molecule has 2 aromatic rings. The van der Waals surface area contributed by atoms with Crippen LogP contribution >= 0.6 is 11.3 Å². The van der Waals surface area contributed by atoms with Crippen LogP contribution < -0.4 is 16.4 Å². The van der Waals surface area contributed by atoms with Crippen molar-refractivity contribution >= 4 is 28.6 Å². The van der Waals surface area contributed by atoms with Crippen LogP contribution in [-0.2, 0) is 6.54 Å². The maximum atomic E-state index is 13.9. The third kappa shape index (κ3) is 2.85. The number of carbonyl (C=O) groups excluding carboxylic acids is 1. The SMILES string of the molecule is CN(Cc1ccsc1)c1cc(C(N)=O)c(N)cc1F. The summed E-state index contributed by atoms with van der Waals surface area (Å²) in [7, 11) is 1.75. The van der Waals surface area contributed by atoms with Gasteiger partial charge in [0.15, 0.2) is 0 Å². The Morgan fingerprint density at radius 1 is 1.47 bits per heavy atom. The fourth-order valence-electron chi connectivity index (χ4n) is 1.82. The second kappa shape index (κ2) is 5.27. The predicted octanol–water partition coefficient (Wildman–Crippen LogP) is 2.20. The van der Waals surface area contributed by atoms with Gasteiger partial charge >= 0.3 is 0 Å².